The van der Waals surface area contributed by atoms with Gasteiger partial charge in [-0.3, -0.25) is 0 Å². The van der Waals surface area contributed by atoms with Crippen molar-refractivity contribution in [1.29, 1.82) is 0 Å². The number of aryl methyl sites for hydroxylation is 2. The van der Waals surface area contributed by atoms with Gasteiger partial charge in [0.2, 0.25) is 0 Å². The van der Waals surface area contributed by atoms with E-state index in [1.54, 1.807) is 0 Å². The molecule has 0 aliphatic heterocycles. The van der Waals surface area contributed by atoms with Crippen LogP contribution in [0.1, 0.15) is 11.1 Å². The van der Waals surface area contributed by atoms with Crippen molar-refractivity contribution in [2.75, 3.05) is 27.2 Å². The van der Waals surface area contributed by atoms with Crippen LogP contribution in [0.25, 0.3) is 10.8 Å². The van der Waals surface area contributed by atoms with Gasteiger partial charge in [0.15, 0.2) is 0 Å². The zero-order chi connectivity index (χ0) is 16.8. The number of likely N-dealkylation sites (N-methyl/N-ethyl adjacent to an activating group) is 1. The van der Waals surface area contributed by atoms with E-state index in [0.29, 0.717) is 0 Å². The van der Waals surface area contributed by atoms with Gasteiger partial charge in [-0.25, -0.2) is 0 Å². The van der Waals surface area contributed by atoms with Gasteiger partial charge in [0.25, 0.3) is 0 Å². The highest BCUT2D eigenvalue weighted by Crippen LogP contribution is 2.18. The van der Waals surface area contributed by atoms with Crippen molar-refractivity contribution in [3.63, 3.8) is 0 Å². The Balaban J connectivity index is 1.55. The smallest absolute Gasteiger partial charge is 0.119 e. The van der Waals surface area contributed by atoms with Gasteiger partial charge >= 0.3 is 0 Å². The van der Waals surface area contributed by atoms with Gasteiger partial charge in [-0.15, -0.1) is 0 Å². The second kappa shape index (κ2) is 7.98. The van der Waals surface area contributed by atoms with Crippen LogP contribution in [-0.4, -0.2) is 32.1 Å². The molecule has 0 saturated heterocycles. The lowest BCUT2D eigenvalue weighted by atomic mass is 10.0. The first-order valence-electron chi connectivity index (χ1n) is 8.55. The average molecular weight is 319 g/mol. The molecule has 0 heterocycles. The third-order valence-corrected chi connectivity index (χ3v) is 4.25. The number of hydrogen-bond donors (Lipinski definition) is 0. The van der Waals surface area contributed by atoms with E-state index in [-0.39, 0.29) is 0 Å². The van der Waals surface area contributed by atoms with Crippen LogP contribution in [0.2, 0.25) is 0 Å². The van der Waals surface area contributed by atoms with E-state index in [4.69, 9.17) is 4.74 Å². The lowest BCUT2D eigenvalue weighted by molar-refractivity contribution is 0.261. The van der Waals surface area contributed by atoms with E-state index in [0.717, 1.165) is 31.7 Å². The Bertz CT molecular complexity index is 777. The molecule has 0 fully saturated rings. The van der Waals surface area contributed by atoms with E-state index in [2.05, 4.69) is 85.7 Å². The van der Waals surface area contributed by atoms with Gasteiger partial charge < -0.3 is 9.64 Å². The third-order valence-electron chi connectivity index (χ3n) is 4.25. The summed E-state index contributed by atoms with van der Waals surface area (Å²) in [7, 11) is 4.11. The first-order valence-corrected chi connectivity index (χ1v) is 8.55. The lowest BCUT2D eigenvalue weighted by Gasteiger charge is -2.11. The van der Waals surface area contributed by atoms with Crippen LogP contribution in [0.5, 0.6) is 5.75 Å². The molecular formula is C22H25NO. The summed E-state index contributed by atoms with van der Waals surface area (Å²) in [5.74, 6) is 0.950. The van der Waals surface area contributed by atoms with Crippen LogP contribution in [-0.2, 0) is 12.8 Å². The molecule has 3 aromatic carbocycles. The monoisotopic (exact) mass is 319 g/mol. The minimum absolute atomic E-state index is 0.726. The van der Waals surface area contributed by atoms with E-state index in [1.165, 1.54) is 21.9 Å². The van der Waals surface area contributed by atoms with Crippen molar-refractivity contribution in [2.45, 2.75) is 12.8 Å². The van der Waals surface area contributed by atoms with Crippen molar-refractivity contribution in [3.8, 4) is 5.75 Å². The molecule has 0 N–H and O–H groups in total. The number of ether oxygens (including phenoxy) is 1. The van der Waals surface area contributed by atoms with Crippen molar-refractivity contribution < 1.29 is 4.74 Å². The predicted octanol–water partition coefficient (Wildman–Crippen LogP) is 4.57. The van der Waals surface area contributed by atoms with Gasteiger partial charge in [0, 0.05) is 6.54 Å². The fraction of sp³-hybridized carbons (Fsp3) is 0.273. The zero-order valence-electron chi connectivity index (χ0n) is 14.5. The van der Waals surface area contributed by atoms with Crippen molar-refractivity contribution >= 4 is 10.8 Å². The highest BCUT2D eigenvalue weighted by molar-refractivity contribution is 5.82. The Morgan fingerprint density at radius 1 is 0.750 bits per heavy atom. The Labute approximate surface area is 144 Å². The maximum absolute atomic E-state index is 5.74. The zero-order valence-corrected chi connectivity index (χ0v) is 14.5. The van der Waals surface area contributed by atoms with Gasteiger partial charge in [0.1, 0.15) is 12.4 Å². The van der Waals surface area contributed by atoms with E-state index < -0.39 is 0 Å². The molecule has 2 nitrogen and oxygen atoms in total. The molecule has 0 bridgehead atoms. The Kier molecular flexibility index (Phi) is 5.50. The van der Waals surface area contributed by atoms with Gasteiger partial charge in [-0.05, 0) is 61.0 Å². The summed E-state index contributed by atoms with van der Waals surface area (Å²) in [5, 5.41) is 2.63. The molecule has 0 aliphatic rings. The van der Waals surface area contributed by atoms with Crippen LogP contribution < -0.4 is 4.74 Å². The molecule has 0 aromatic heterocycles. The lowest BCUT2D eigenvalue weighted by Crippen LogP contribution is -2.19. The van der Waals surface area contributed by atoms with Crippen molar-refractivity contribution in [1.82, 2.24) is 4.90 Å². The van der Waals surface area contributed by atoms with Crippen molar-refractivity contribution in [2.24, 2.45) is 0 Å². The fourth-order valence-electron chi connectivity index (χ4n) is 2.78. The molecule has 0 spiro atoms. The number of nitrogens with zero attached hydrogens (tertiary/aromatic N) is 1. The minimum atomic E-state index is 0.726. The third kappa shape index (κ3) is 4.59. The van der Waals surface area contributed by atoms with E-state index >= 15 is 0 Å². The van der Waals surface area contributed by atoms with Crippen LogP contribution in [0, 0.1) is 0 Å². The summed E-state index contributed by atoms with van der Waals surface area (Å²) in [6.07, 6.45) is 2.11. The molecule has 0 atom stereocenters. The van der Waals surface area contributed by atoms with Gasteiger partial charge in [0.05, 0.1) is 0 Å². The number of hydrogen-bond acceptors (Lipinski definition) is 2. The summed E-state index contributed by atoms with van der Waals surface area (Å²) >= 11 is 0. The van der Waals surface area contributed by atoms with Crippen LogP contribution >= 0.6 is 0 Å². The number of fused-ring (bicyclic) bond motifs is 1. The first-order chi connectivity index (χ1) is 11.7. The highest BCUT2D eigenvalue weighted by Gasteiger charge is 2.00. The molecule has 0 aliphatic carbocycles. The molecule has 2 heteroatoms. The average Bonchev–Trinajstić information content (AvgIpc) is 2.60. The first kappa shape index (κ1) is 16.5. The standard InChI is InChI=1S/C22H25NO/c1-23(2)15-16-24-22-13-10-18(11-14-22)7-8-19-9-12-20-5-3-4-6-21(20)17-19/h3-6,9-14,17H,7-8,15-16H2,1-2H3. The van der Waals surface area contributed by atoms with Crippen LogP contribution in [0.4, 0.5) is 0 Å². The summed E-state index contributed by atoms with van der Waals surface area (Å²) in [4.78, 5) is 2.12. The highest BCUT2D eigenvalue weighted by atomic mass is 16.5. The normalized spacial score (nSPS) is 11.1. The second-order valence-corrected chi connectivity index (χ2v) is 6.48. The van der Waals surface area contributed by atoms with Crippen LogP contribution in [0.15, 0.2) is 66.7 Å². The molecule has 3 rings (SSSR count). The Morgan fingerprint density at radius 3 is 2.17 bits per heavy atom. The Hall–Kier alpha value is -2.32. The quantitative estimate of drug-likeness (QED) is 0.633. The van der Waals surface area contributed by atoms with E-state index in [1.807, 2.05) is 0 Å². The predicted molar refractivity (Wildman–Crippen MR) is 102 cm³/mol. The summed E-state index contributed by atoms with van der Waals surface area (Å²) in [5.41, 5.74) is 2.74. The maximum Gasteiger partial charge on any atom is 0.119 e. The number of rotatable bonds is 7. The molecule has 0 radical (unpaired) electrons. The summed E-state index contributed by atoms with van der Waals surface area (Å²) in [6.45, 7) is 1.66. The number of benzene rings is 3. The fourth-order valence-corrected chi connectivity index (χ4v) is 2.78. The molecule has 0 unspecified atom stereocenters. The van der Waals surface area contributed by atoms with Gasteiger partial charge in [-0.1, -0.05) is 54.6 Å². The molecular weight excluding hydrogens is 294 g/mol. The molecule has 3 aromatic rings. The SMILES string of the molecule is CN(C)CCOc1ccc(CCc2ccc3ccccc3c2)cc1. The molecule has 0 amide bonds. The van der Waals surface area contributed by atoms with Gasteiger partial charge in [-0.2, -0.15) is 0 Å². The minimum Gasteiger partial charge on any atom is -0.492 e. The summed E-state index contributed by atoms with van der Waals surface area (Å²) in [6, 6.07) is 23.8. The molecule has 124 valence electrons. The Morgan fingerprint density at radius 2 is 1.42 bits per heavy atom. The molecule has 0 saturated carbocycles. The second-order valence-electron chi connectivity index (χ2n) is 6.48. The van der Waals surface area contributed by atoms with E-state index in [9.17, 15) is 0 Å². The van der Waals surface area contributed by atoms with Crippen molar-refractivity contribution in [3.05, 3.63) is 77.9 Å². The largest absolute Gasteiger partial charge is 0.492 e. The topological polar surface area (TPSA) is 12.5 Å². The van der Waals surface area contributed by atoms with Crippen LogP contribution in [0.3, 0.4) is 0 Å². The maximum atomic E-state index is 5.74. The molecule has 24 heavy (non-hydrogen) atoms. The summed E-state index contributed by atoms with van der Waals surface area (Å²) < 4.78 is 5.74.